The second-order valence-electron chi connectivity index (χ2n) is 22.7. The number of anilines is 12. The van der Waals surface area contributed by atoms with Crippen LogP contribution in [0, 0.1) is 0 Å². The molecule has 0 saturated heterocycles. The summed E-state index contributed by atoms with van der Waals surface area (Å²) in [6.45, 7) is 0. The fourth-order valence-corrected chi connectivity index (χ4v) is 12.8. The van der Waals surface area contributed by atoms with E-state index in [1.807, 2.05) is 0 Å². The van der Waals surface area contributed by atoms with Gasteiger partial charge in [-0.15, -0.1) is 0 Å². The van der Waals surface area contributed by atoms with Crippen LogP contribution in [0.5, 0.6) is 0 Å². The van der Waals surface area contributed by atoms with Crippen LogP contribution >= 0.6 is 0 Å². The first-order valence-corrected chi connectivity index (χ1v) is 30.1. The third-order valence-corrected chi connectivity index (χ3v) is 17.3. The van der Waals surface area contributed by atoms with Crippen LogP contribution in [0.1, 0.15) is 0 Å². The smallest absolute Gasteiger partial charge is 0.0468 e. The monoisotopic (exact) mass is 1120 g/mol. The van der Waals surface area contributed by atoms with Gasteiger partial charge in [0, 0.05) is 68.2 Å². The molecule has 16 aromatic carbocycles. The third kappa shape index (κ3) is 9.94. The molecule has 88 heavy (non-hydrogen) atoms. The van der Waals surface area contributed by atoms with Gasteiger partial charge in [0.25, 0.3) is 0 Å². The van der Waals surface area contributed by atoms with Gasteiger partial charge < -0.3 is 19.6 Å². The van der Waals surface area contributed by atoms with E-state index in [2.05, 4.69) is 371 Å². The molecule has 414 valence electrons. The van der Waals surface area contributed by atoms with E-state index in [1.165, 1.54) is 64.6 Å². The van der Waals surface area contributed by atoms with Crippen LogP contribution < -0.4 is 19.6 Å². The molecule has 0 saturated carbocycles. The highest BCUT2D eigenvalue weighted by atomic mass is 15.2. The van der Waals surface area contributed by atoms with Gasteiger partial charge in [0.1, 0.15) is 0 Å². The van der Waals surface area contributed by atoms with Crippen molar-refractivity contribution in [1.29, 1.82) is 0 Å². The largest absolute Gasteiger partial charge is 0.310 e. The summed E-state index contributed by atoms with van der Waals surface area (Å²) < 4.78 is 0. The van der Waals surface area contributed by atoms with E-state index in [0.29, 0.717) is 0 Å². The fourth-order valence-electron chi connectivity index (χ4n) is 12.8. The normalized spacial score (nSPS) is 11.4. The van der Waals surface area contributed by atoms with Crippen molar-refractivity contribution in [3.63, 3.8) is 0 Å². The lowest BCUT2D eigenvalue weighted by molar-refractivity contribution is 1.26. The second-order valence-corrected chi connectivity index (χ2v) is 22.7. The highest BCUT2D eigenvalue weighted by Gasteiger charge is 2.21. The fraction of sp³-hybridized carbons (Fsp3) is 0. The maximum absolute atomic E-state index is 2.37. The van der Waals surface area contributed by atoms with E-state index in [1.54, 1.807) is 0 Å². The van der Waals surface area contributed by atoms with Gasteiger partial charge in [-0.3, -0.25) is 0 Å². The quantitative estimate of drug-likeness (QED) is 0.114. The van der Waals surface area contributed by atoms with Crippen LogP contribution in [0.2, 0.25) is 0 Å². The molecule has 0 aliphatic rings. The van der Waals surface area contributed by atoms with Gasteiger partial charge in [0.15, 0.2) is 0 Å². The van der Waals surface area contributed by atoms with Gasteiger partial charge in [-0.2, -0.15) is 0 Å². The van der Waals surface area contributed by atoms with Crippen LogP contribution in [0.3, 0.4) is 0 Å². The molecule has 0 amide bonds. The zero-order chi connectivity index (χ0) is 58.3. The average Bonchev–Trinajstić information content (AvgIpc) is 3.39. The van der Waals surface area contributed by atoms with Crippen molar-refractivity contribution in [3.8, 4) is 11.1 Å². The zero-order valence-electron chi connectivity index (χ0n) is 48.3. The molecule has 0 bridgehead atoms. The number of hydrogen-bond donors (Lipinski definition) is 0. The van der Waals surface area contributed by atoms with Crippen molar-refractivity contribution in [3.05, 3.63) is 352 Å². The van der Waals surface area contributed by atoms with Crippen molar-refractivity contribution >= 4 is 133 Å². The summed E-state index contributed by atoms with van der Waals surface area (Å²) in [5.74, 6) is 0. The molecule has 16 aromatic rings. The standard InChI is InChI=1S/C84H58N4/c1-7-19-67-53-79(39-29-59(67)13-1)85(75-45-49-77(50-46-75)87(81-41-31-61-15-3-9-21-69(61)55-81)82-42-32-62-16-4-10-22-70(62)56-82)73-35-25-65(26-36-73)66-27-37-74(38-28-66)86(80-40-30-60-14-2-8-20-68(60)54-80)76-47-51-78(52-48-76)88(83-43-33-63-17-5-11-23-71(63)57-83)84-44-34-64-18-6-12-24-72(64)58-84/h1-58H. The molecule has 4 heteroatoms. The third-order valence-electron chi connectivity index (χ3n) is 17.3. The maximum atomic E-state index is 2.37. The Bertz CT molecular complexity index is 4740. The van der Waals surface area contributed by atoms with Gasteiger partial charge in [-0.25, -0.2) is 0 Å². The van der Waals surface area contributed by atoms with Gasteiger partial charge >= 0.3 is 0 Å². The minimum Gasteiger partial charge on any atom is -0.310 e. The molecule has 0 aliphatic heterocycles. The minimum absolute atomic E-state index is 1.06. The van der Waals surface area contributed by atoms with Crippen LogP contribution in [-0.2, 0) is 0 Å². The Kier molecular flexibility index (Phi) is 13.2. The Balaban J connectivity index is 0.740. The molecule has 0 aromatic heterocycles. The second kappa shape index (κ2) is 22.4. The van der Waals surface area contributed by atoms with E-state index in [-0.39, 0.29) is 0 Å². The van der Waals surface area contributed by atoms with Crippen LogP contribution in [0.15, 0.2) is 352 Å². The average molecular weight is 1120 g/mol. The number of nitrogens with zero attached hydrogens (tertiary/aromatic N) is 4. The molecule has 0 radical (unpaired) electrons. The first-order valence-electron chi connectivity index (χ1n) is 30.1. The summed E-state index contributed by atoms with van der Waals surface area (Å²) in [6.07, 6.45) is 0. The molecule has 0 aliphatic carbocycles. The van der Waals surface area contributed by atoms with Crippen molar-refractivity contribution in [2.45, 2.75) is 0 Å². The molecule has 4 nitrogen and oxygen atoms in total. The van der Waals surface area contributed by atoms with Crippen molar-refractivity contribution < 1.29 is 0 Å². The number of rotatable bonds is 13. The lowest BCUT2D eigenvalue weighted by atomic mass is 10.0. The molecular weight excluding hydrogens is 1060 g/mol. The predicted octanol–water partition coefficient (Wildman–Crippen LogP) is 24.2. The summed E-state index contributed by atoms with van der Waals surface area (Å²) in [5, 5.41) is 14.5. The first kappa shape index (κ1) is 51.9. The van der Waals surface area contributed by atoms with Crippen LogP contribution in [0.4, 0.5) is 68.2 Å². The summed E-state index contributed by atoms with van der Waals surface area (Å²) in [7, 11) is 0. The SMILES string of the molecule is c1ccc2cc(N(c3ccc(-c4ccc(N(c5ccc(N(c6ccc7ccccc7c6)c6ccc7ccccc7c6)cc5)c5ccc6ccccc6c5)cc4)cc3)c3ccc(N(c4ccc5ccccc5c4)c4ccc5ccccc5c4)cc3)ccc2c1. The first-order chi connectivity index (χ1) is 43.6. The van der Waals surface area contributed by atoms with Gasteiger partial charge in [-0.1, -0.05) is 206 Å². The molecule has 0 N–H and O–H groups in total. The Hall–Kier alpha value is -11.7. The van der Waals surface area contributed by atoms with Crippen LogP contribution in [-0.4, -0.2) is 0 Å². The van der Waals surface area contributed by atoms with Gasteiger partial charge in [-0.05, 0) is 221 Å². The van der Waals surface area contributed by atoms with E-state index < -0.39 is 0 Å². The van der Waals surface area contributed by atoms with Gasteiger partial charge in [0.05, 0.1) is 0 Å². The highest BCUT2D eigenvalue weighted by Crippen LogP contribution is 2.45. The topological polar surface area (TPSA) is 13.0 Å². The molecule has 16 rings (SSSR count). The molecule has 0 unspecified atom stereocenters. The lowest BCUT2D eigenvalue weighted by Crippen LogP contribution is -2.12. The Morgan fingerprint density at radius 2 is 0.250 bits per heavy atom. The summed E-state index contributed by atoms with van der Waals surface area (Å²) in [4.78, 5) is 9.48. The van der Waals surface area contributed by atoms with Crippen molar-refractivity contribution in [2.75, 3.05) is 19.6 Å². The Labute approximate surface area is 512 Å². The minimum atomic E-state index is 1.06. The maximum Gasteiger partial charge on any atom is 0.0468 e. The lowest BCUT2D eigenvalue weighted by Gasteiger charge is -2.29. The van der Waals surface area contributed by atoms with E-state index in [4.69, 9.17) is 0 Å². The van der Waals surface area contributed by atoms with E-state index in [0.717, 1.165) is 79.4 Å². The molecule has 0 spiro atoms. The molecule has 0 heterocycles. The van der Waals surface area contributed by atoms with E-state index in [9.17, 15) is 0 Å². The van der Waals surface area contributed by atoms with Gasteiger partial charge in [0.2, 0.25) is 0 Å². The molecule has 0 atom stereocenters. The van der Waals surface area contributed by atoms with Crippen molar-refractivity contribution in [1.82, 2.24) is 0 Å². The number of hydrogen-bond acceptors (Lipinski definition) is 4. The van der Waals surface area contributed by atoms with E-state index >= 15 is 0 Å². The number of benzene rings is 16. The summed E-state index contributed by atoms with van der Waals surface area (Å²) in [5.41, 5.74) is 15.2. The summed E-state index contributed by atoms with van der Waals surface area (Å²) >= 11 is 0. The Morgan fingerprint density at radius 1 is 0.114 bits per heavy atom. The van der Waals surface area contributed by atoms with Crippen LogP contribution in [0.25, 0.3) is 75.8 Å². The summed E-state index contributed by atoms with van der Waals surface area (Å²) in [6, 6.07) is 128. The molecule has 0 fully saturated rings. The molecular formula is C84H58N4. The highest BCUT2D eigenvalue weighted by molar-refractivity contribution is 5.97. The predicted molar refractivity (Wildman–Crippen MR) is 376 cm³/mol. The zero-order valence-corrected chi connectivity index (χ0v) is 48.3. The number of fused-ring (bicyclic) bond motifs is 6. The van der Waals surface area contributed by atoms with Crippen molar-refractivity contribution in [2.24, 2.45) is 0 Å². The Morgan fingerprint density at radius 3 is 0.432 bits per heavy atom.